The summed E-state index contributed by atoms with van der Waals surface area (Å²) in [5.74, 6) is -3.33. The summed E-state index contributed by atoms with van der Waals surface area (Å²) < 4.78 is 22.9. The summed E-state index contributed by atoms with van der Waals surface area (Å²) in [7, 11) is -3.86. The molecule has 0 unspecified atom stereocenters. The zero-order valence-corrected chi connectivity index (χ0v) is 14.0. The van der Waals surface area contributed by atoms with Crippen LogP contribution in [0.3, 0.4) is 0 Å². The maximum absolute atomic E-state index is 12.3. The van der Waals surface area contributed by atoms with Gasteiger partial charge in [0.1, 0.15) is 5.37 Å². The first-order valence-electron chi connectivity index (χ1n) is 5.49. The van der Waals surface area contributed by atoms with E-state index in [4.69, 9.17) is 0 Å². The Morgan fingerprint density at radius 2 is 1.95 bits per heavy atom. The van der Waals surface area contributed by atoms with Crippen LogP contribution in [0.5, 0.6) is 0 Å². The molecule has 7 nitrogen and oxygen atoms in total. The van der Waals surface area contributed by atoms with Crippen LogP contribution in [0, 0.1) is 5.92 Å². The van der Waals surface area contributed by atoms with Gasteiger partial charge in [-0.15, -0.1) is 0 Å². The predicted molar refractivity (Wildman–Crippen MR) is 57.6 cm³/mol. The van der Waals surface area contributed by atoms with Crippen LogP contribution in [-0.2, 0) is 19.4 Å². The zero-order valence-electron chi connectivity index (χ0n) is 11.2. The molecule has 4 atom stereocenters. The summed E-state index contributed by atoms with van der Waals surface area (Å²) >= 11 is 0. The minimum absolute atomic E-state index is 0. The fourth-order valence-corrected chi connectivity index (χ4v) is 5.17. The van der Waals surface area contributed by atoms with E-state index >= 15 is 0 Å². The van der Waals surface area contributed by atoms with Crippen molar-refractivity contribution in [1.82, 2.24) is 4.90 Å². The average molecular weight is 299 g/mol. The number of sulfone groups is 1. The summed E-state index contributed by atoms with van der Waals surface area (Å²) in [6, 6.07) is -1.50. The number of rotatable bonds is 2. The van der Waals surface area contributed by atoms with Crippen LogP contribution in [-0.4, -0.2) is 52.6 Å². The average Bonchev–Trinajstić information content (AvgIpc) is 2.31. The van der Waals surface area contributed by atoms with Crippen molar-refractivity contribution in [2.45, 2.75) is 43.0 Å². The molecule has 0 aliphatic carbocycles. The summed E-state index contributed by atoms with van der Waals surface area (Å²) in [5.41, 5.74) is 0. The quantitative estimate of drug-likeness (QED) is 0.402. The second-order valence-electron chi connectivity index (χ2n) is 5.27. The van der Waals surface area contributed by atoms with Gasteiger partial charge in [0.15, 0.2) is 9.84 Å². The van der Waals surface area contributed by atoms with Gasteiger partial charge in [0.2, 0.25) is 5.91 Å². The fraction of sp³-hybridized carbons (Fsp3) is 0.800. The van der Waals surface area contributed by atoms with E-state index in [0.29, 0.717) is 0 Å². The molecule has 2 heterocycles. The summed E-state index contributed by atoms with van der Waals surface area (Å²) in [4.78, 5) is 23.7. The van der Waals surface area contributed by atoms with Crippen molar-refractivity contribution in [2.75, 3.05) is 0 Å². The van der Waals surface area contributed by atoms with E-state index < -0.39 is 49.9 Å². The molecule has 1 amide bonds. The van der Waals surface area contributed by atoms with Crippen molar-refractivity contribution in [3.05, 3.63) is 0 Å². The monoisotopic (exact) mass is 299 g/mol. The number of hydrogen-bond acceptors (Lipinski definition) is 6. The molecule has 0 bridgehead atoms. The molecular formula is C10H14NNaO6S. The van der Waals surface area contributed by atoms with E-state index in [1.165, 1.54) is 20.8 Å². The number of fused-ring (bicyclic) bond motifs is 1. The van der Waals surface area contributed by atoms with Gasteiger partial charge in [0, 0.05) is 0 Å². The van der Waals surface area contributed by atoms with E-state index in [2.05, 4.69) is 0 Å². The molecule has 9 heteroatoms. The van der Waals surface area contributed by atoms with E-state index in [9.17, 15) is 28.2 Å². The Morgan fingerprint density at radius 1 is 1.47 bits per heavy atom. The number of carbonyl (C=O) groups excluding carboxylic acids is 2. The Morgan fingerprint density at radius 3 is 2.32 bits per heavy atom. The van der Waals surface area contributed by atoms with Crippen molar-refractivity contribution < 1.29 is 57.8 Å². The van der Waals surface area contributed by atoms with Crippen LogP contribution in [0.25, 0.3) is 0 Å². The van der Waals surface area contributed by atoms with E-state index in [1.54, 1.807) is 0 Å². The number of carboxylic acids is 1. The molecule has 0 spiro atoms. The number of aliphatic hydroxyl groups excluding tert-OH is 1. The third kappa shape index (κ3) is 1.88. The Balaban J connectivity index is 0.00000180. The molecule has 2 rings (SSSR count). The Hall–Kier alpha value is -0.150. The first-order valence-corrected chi connectivity index (χ1v) is 7.04. The topological polar surface area (TPSA) is 115 Å². The summed E-state index contributed by atoms with van der Waals surface area (Å²) in [5, 5.41) is 19.3. The molecule has 1 N–H and O–H groups in total. The SMILES string of the molecule is C[C@H](O)[C@@H]1C(=O)N2[C@@H](C(=O)[O-])C(C)(C)S(=O)(=O)[C@H]12.[Na+]. The third-order valence-electron chi connectivity index (χ3n) is 3.85. The molecular weight excluding hydrogens is 285 g/mol. The van der Waals surface area contributed by atoms with Gasteiger partial charge in [-0.05, 0) is 20.8 Å². The molecule has 0 saturated carbocycles. The van der Waals surface area contributed by atoms with Gasteiger partial charge in [-0.1, -0.05) is 0 Å². The Labute approximate surface area is 133 Å². The van der Waals surface area contributed by atoms with Crippen LogP contribution < -0.4 is 34.7 Å². The van der Waals surface area contributed by atoms with Crippen LogP contribution in [0.15, 0.2) is 0 Å². The van der Waals surface area contributed by atoms with Crippen LogP contribution in [0.1, 0.15) is 20.8 Å². The van der Waals surface area contributed by atoms with Crippen molar-refractivity contribution in [3.63, 3.8) is 0 Å². The van der Waals surface area contributed by atoms with E-state index in [1.807, 2.05) is 0 Å². The molecule has 0 aromatic heterocycles. The number of β-lactam (4-membered cyclic amide) rings is 1. The van der Waals surface area contributed by atoms with Gasteiger partial charge in [-0.3, -0.25) is 4.79 Å². The van der Waals surface area contributed by atoms with Crippen molar-refractivity contribution in [2.24, 2.45) is 5.92 Å². The van der Waals surface area contributed by atoms with Gasteiger partial charge in [0.05, 0.1) is 28.8 Å². The minimum Gasteiger partial charge on any atom is -0.548 e. The maximum atomic E-state index is 12.3. The van der Waals surface area contributed by atoms with Crippen LogP contribution in [0.2, 0.25) is 0 Å². The smallest absolute Gasteiger partial charge is 0.548 e. The summed E-state index contributed by atoms with van der Waals surface area (Å²) in [6.45, 7) is 3.83. The van der Waals surface area contributed by atoms with E-state index in [-0.39, 0.29) is 29.6 Å². The van der Waals surface area contributed by atoms with Gasteiger partial charge < -0.3 is 19.9 Å². The van der Waals surface area contributed by atoms with Gasteiger partial charge in [0.25, 0.3) is 0 Å². The number of nitrogens with zero attached hydrogens (tertiary/aromatic N) is 1. The standard InChI is InChI=1S/C10H15NO6S.Na/c1-4(12)5-7(13)11-6(9(14)15)10(2,3)18(16,17)8(5)11;/h4-6,8,12H,1-3H3,(H,14,15);/q;+1/p-1/t4-,5+,6-,8+;/m0./s1. The van der Waals surface area contributed by atoms with E-state index in [0.717, 1.165) is 4.90 Å². The minimum atomic E-state index is -3.86. The molecule has 2 saturated heterocycles. The molecule has 102 valence electrons. The largest absolute Gasteiger partial charge is 1.00 e. The first-order chi connectivity index (χ1) is 8.05. The van der Waals surface area contributed by atoms with Crippen molar-refractivity contribution in [3.8, 4) is 0 Å². The number of amides is 1. The molecule has 2 aliphatic heterocycles. The molecule has 19 heavy (non-hydrogen) atoms. The molecule has 0 aromatic carbocycles. The Bertz CT molecular complexity index is 528. The second-order valence-corrected chi connectivity index (χ2v) is 7.90. The number of carbonyl (C=O) groups is 2. The number of carboxylic acid groups (broad SMARTS) is 1. The third-order valence-corrected chi connectivity index (χ3v) is 6.70. The maximum Gasteiger partial charge on any atom is 1.00 e. The van der Waals surface area contributed by atoms with Gasteiger partial charge >= 0.3 is 29.6 Å². The molecule has 2 fully saturated rings. The van der Waals surface area contributed by atoms with Crippen molar-refractivity contribution >= 4 is 21.7 Å². The van der Waals surface area contributed by atoms with Crippen molar-refractivity contribution in [1.29, 1.82) is 0 Å². The number of aliphatic carboxylic acids is 1. The zero-order chi connectivity index (χ0) is 14.0. The summed E-state index contributed by atoms with van der Waals surface area (Å²) in [6.07, 6.45) is -1.13. The fourth-order valence-electron chi connectivity index (χ4n) is 2.77. The predicted octanol–water partition coefficient (Wildman–Crippen LogP) is -5.52. The molecule has 0 radical (unpaired) electrons. The normalized spacial score (nSPS) is 35.9. The Kier molecular flexibility index (Phi) is 4.18. The van der Waals surface area contributed by atoms with Crippen LogP contribution >= 0.6 is 0 Å². The van der Waals surface area contributed by atoms with Gasteiger partial charge in [-0.25, -0.2) is 8.42 Å². The number of hydrogen-bond donors (Lipinski definition) is 1. The van der Waals surface area contributed by atoms with Crippen LogP contribution in [0.4, 0.5) is 0 Å². The molecule has 0 aromatic rings. The first kappa shape index (κ1) is 16.9. The van der Waals surface area contributed by atoms with Gasteiger partial charge in [-0.2, -0.15) is 0 Å². The second kappa shape index (κ2) is 4.70. The number of aliphatic hydroxyl groups is 1. The molecule has 2 aliphatic rings.